The third-order valence-corrected chi connectivity index (χ3v) is 0.670. The Morgan fingerprint density at radius 1 is 1.55 bits per heavy atom. The van der Waals surface area contributed by atoms with Gasteiger partial charge < -0.3 is 15.2 Å². The Kier molecular flexibility index (Phi) is 9.10. The minimum atomic E-state index is -0.652. The van der Waals surface area contributed by atoms with Crippen molar-refractivity contribution in [2.45, 2.75) is 20.0 Å². The molecule has 0 atom stereocenters. The van der Waals surface area contributed by atoms with Crippen molar-refractivity contribution in [1.82, 2.24) is 0 Å². The second-order valence-corrected chi connectivity index (χ2v) is 2.05. The summed E-state index contributed by atoms with van der Waals surface area (Å²) in [5.74, 6) is 0. The van der Waals surface area contributed by atoms with Gasteiger partial charge in [0, 0.05) is 6.54 Å². The van der Waals surface area contributed by atoms with Crippen molar-refractivity contribution in [3.05, 3.63) is 0 Å². The zero-order chi connectivity index (χ0) is 7.98. The molecule has 11 heavy (non-hydrogen) atoms. The topological polar surface area (TPSA) is 61.5 Å². The summed E-state index contributed by atoms with van der Waals surface area (Å²) in [5.41, 5.74) is 5.07. The first-order chi connectivity index (χ1) is 4.66. The highest BCUT2D eigenvalue weighted by atomic mass is 35.5. The van der Waals surface area contributed by atoms with Crippen LogP contribution in [-0.4, -0.2) is 25.4 Å². The number of halogens is 1. The van der Waals surface area contributed by atoms with Gasteiger partial charge in [-0.15, -0.1) is 12.4 Å². The Balaban J connectivity index is 0. The molecule has 0 aromatic carbocycles. The van der Waals surface area contributed by atoms with Crippen LogP contribution in [0.5, 0.6) is 0 Å². The largest absolute Gasteiger partial charge is 0.508 e. The number of ether oxygens (including phenoxy) is 2. The fourth-order valence-electron chi connectivity index (χ4n) is 0.369. The summed E-state index contributed by atoms with van der Waals surface area (Å²) in [6.45, 7) is 4.05. The van der Waals surface area contributed by atoms with E-state index in [-0.39, 0.29) is 25.1 Å². The fraction of sp³-hybridized carbons (Fsp3) is 0.833. The molecular formula is C6H14ClNO3. The van der Waals surface area contributed by atoms with Crippen LogP contribution in [-0.2, 0) is 9.47 Å². The average molecular weight is 184 g/mol. The standard InChI is InChI=1S/C6H13NO3.ClH/c1-5(2)10-6(8)9-4-3-7;/h5H,3-4,7H2,1-2H3;1H. The van der Waals surface area contributed by atoms with E-state index in [1.54, 1.807) is 13.8 Å². The van der Waals surface area contributed by atoms with E-state index < -0.39 is 6.16 Å². The molecular weight excluding hydrogens is 170 g/mol. The molecule has 0 bridgehead atoms. The van der Waals surface area contributed by atoms with Crippen LogP contribution < -0.4 is 5.73 Å². The van der Waals surface area contributed by atoms with E-state index in [1.165, 1.54) is 0 Å². The lowest BCUT2D eigenvalue weighted by Gasteiger charge is -2.06. The van der Waals surface area contributed by atoms with Gasteiger partial charge in [-0.2, -0.15) is 0 Å². The van der Waals surface area contributed by atoms with E-state index in [2.05, 4.69) is 9.47 Å². The van der Waals surface area contributed by atoms with Crippen LogP contribution >= 0.6 is 12.4 Å². The Hall–Kier alpha value is -0.480. The SMILES string of the molecule is CC(C)OC(=O)OCCN.Cl. The number of hydrogen-bond acceptors (Lipinski definition) is 4. The molecule has 0 radical (unpaired) electrons. The summed E-state index contributed by atoms with van der Waals surface area (Å²) in [4.78, 5) is 10.5. The van der Waals surface area contributed by atoms with Crippen LogP contribution in [0.3, 0.4) is 0 Å². The van der Waals surface area contributed by atoms with Crippen molar-refractivity contribution >= 4 is 18.6 Å². The van der Waals surface area contributed by atoms with E-state index in [1.807, 2.05) is 0 Å². The first-order valence-electron chi connectivity index (χ1n) is 3.20. The van der Waals surface area contributed by atoms with Gasteiger partial charge in [-0.25, -0.2) is 4.79 Å². The van der Waals surface area contributed by atoms with E-state index in [9.17, 15) is 4.79 Å². The Labute approximate surface area is 72.4 Å². The second kappa shape index (κ2) is 7.63. The second-order valence-electron chi connectivity index (χ2n) is 2.05. The molecule has 0 aliphatic heterocycles. The normalized spacial score (nSPS) is 8.73. The molecule has 0 fully saturated rings. The highest BCUT2D eigenvalue weighted by molar-refractivity contribution is 5.85. The molecule has 0 spiro atoms. The zero-order valence-corrected chi connectivity index (χ0v) is 7.52. The molecule has 4 nitrogen and oxygen atoms in total. The lowest BCUT2D eigenvalue weighted by molar-refractivity contribution is 0.0364. The lowest BCUT2D eigenvalue weighted by atomic mass is 10.5. The van der Waals surface area contributed by atoms with Crippen molar-refractivity contribution in [3.63, 3.8) is 0 Å². The van der Waals surface area contributed by atoms with Gasteiger partial charge in [0.05, 0.1) is 6.10 Å². The summed E-state index contributed by atoms with van der Waals surface area (Å²) in [6.07, 6.45) is -0.786. The van der Waals surface area contributed by atoms with Crippen LogP contribution in [0.1, 0.15) is 13.8 Å². The van der Waals surface area contributed by atoms with Crippen LogP contribution in [0.15, 0.2) is 0 Å². The molecule has 68 valence electrons. The molecule has 0 rings (SSSR count). The molecule has 2 N–H and O–H groups in total. The smallest absolute Gasteiger partial charge is 0.433 e. The van der Waals surface area contributed by atoms with Gasteiger partial charge in [-0.1, -0.05) is 0 Å². The van der Waals surface area contributed by atoms with Crippen LogP contribution in [0, 0.1) is 0 Å². The summed E-state index contributed by atoms with van der Waals surface area (Å²) >= 11 is 0. The van der Waals surface area contributed by atoms with E-state index in [0.29, 0.717) is 6.54 Å². The maximum absolute atomic E-state index is 10.5. The minimum Gasteiger partial charge on any atom is -0.433 e. The van der Waals surface area contributed by atoms with Crippen molar-refractivity contribution in [2.24, 2.45) is 5.73 Å². The molecule has 0 saturated heterocycles. The van der Waals surface area contributed by atoms with Crippen LogP contribution in [0.4, 0.5) is 4.79 Å². The van der Waals surface area contributed by atoms with Crippen molar-refractivity contribution in [1.29, 1.82) is 0 Å². The predicted octanol–water partition coefficient (Wildman–Crippen LogP) is 0.928. The maximum atomic E-state index is 10.5. The van der Waals surface area contributed by atoms with Crippen molar-refractivity contribution < 1.29 is 14.3 Å². The monoisotopic (exact) mass is 183 g/mol. The minimum absolute atomic E-state index is 0. The van der Waals surface area contributed by atoms with E-state index >= 15 is 0 Å². The third-order valence-electron chi connectivity index (χ3n) is 0.670. The number of nitrogens with two attached hydrogens (primary N) is 1. The van der Waals surface area contributed by atoms with Gasteiger partial charge in [0.2, 0.25) is 0 Å². The first kappa shape index (κ1) is 13.1. The zero-order valence-electron chi connectivity index (χ0n) is 6.70. The van der Waals surface area contributed by atoms with Gasteiger partial charge >= 0.3 is 6.16 Å². The summed E-state index contributed by atoms with van der Waals surface area (Å²) in [7, 11) is 0. The molecule has 0 amide bonds. The van der Waals surface area contributed by atoms with Gasteiger partial charge in [-0.3, -0.25) is 0 Å². The molecule has 0 unspecified atom stereocenters. The lowest BCUT2D eigenvalue weighted by Crippen LogP contribution is -2.17. The Morgan fingerprint density at radius 3 is 2.45 bits per heavy atom. The first-order valence-corrected chi connectivity index (χ1v) is 3.20. The molecule has 0 aromatic heterocycles. The van der Waals surface area contributed by atoms with Gasteiger partial charge in [-0.05, 0) is 13.8 Å². The fourth-order valence-corrected chi connectivity index (χ4v) is 0.369. The maximum Gasteiger partial charge on any atom is 0.508 e. The van der Waals surface area contributed by atoms with Crippen molar-refractivity contribution in [2.75, 3.05) is 13.2 Å². The number of hydrogen-bond donors (Lipinski definition) is 1. The number of rotatable bonds is 3. The molecule has 0 aliphatic rings. The van der Waals surface area contributed by atoms with Gasteiger partial charge in [0.1, 0.15) is 6.61 Å². The average Bonchev–Trinajstić information content (AvgIpc) is 1.82. The number of carbonyl (C=O) groups is 1. The molecule has 0 aliphatic carbocycles. The van der Waals surface area contributed by atoms with Gasteiger partial charge in [0.25, 0.3) is 0 Å². The summed E-state index contributed by atoms with van der Waals surface area (Å²) in [5, 5.41) is 0. The summed E-state index contributed by atoms with van der Waals surface area (Å²) in [6, 6.07) is 0. The Morgan fingerprint density at radius 2 is 2.09 bits per heavy atom. The van der Waals surface area contributed by atoms with E-state index in [4.69, 9.17) is 5.73 Å². The van der Waals surface area contributed by atoms with Crippen LogP contribution in [0.2, 0.25) is 0 Å². The van der Waals surface area contributed by atoms with Crippen LogP contribution in [0.25, 0.3) is 0 Å². The molecule has 0 heterocycles. The Bertz CT molecular complexity index is 108. The third kappa shape index (κ3) is 9.52. The quantitative estimate of drug-likeness (QED) is 0.662. The molecule has 0 saturated carbocycles. The number of carbonyl (C=O) groups excluding carboxylic acids is 1. The predicted molar refractivity (Wildman–Crippen MR) is 43.9 cm³/mol. The highest BCUT2D eigenvalue weighted by Gasteiger charge is 2.03. The van der Waals surface area contributed by atoms with E-state index in [0.717, 1.165) is 0 Å². The van der Waals surface area contributed by atoms with Crippen molar-refractivity contribution in [3.8, 4) is 0 Å². The molecule has 5 heteroatoms. The molecule has 0 aromatic rings. The highest BCUT2D eigenvalue weighted by Crippen LogP contribution is 1.91. The summed E-state index contributed by atoms with van der Waals surface area (Å²) < 4.78 is 9.15. The van der Waals surface area contributed by atoms with Gasteiger partial charge in [0.15, 0.2) is 0 Å².